The normalized spacial score (nSPS) is 15.2. The molecule has 0 bridgehead atoms. The van der Waals surface area contributed by atoms with Crippen LogP contribution in [-0.2, 0) is 10.8 Å². The van der Waals surface area contributed by atoms with Gasteiger partial charge in [0.1, 0.15) is 0 Å². The van der Waals surface area contributed by atoms with Gasteiger partial charge in [-0.1, -0.05) is 209 Å². The second-order valence-corrected chi connectivity index (χ2v) is 18.3. The summed E-state index contributed by atoms with van der Waals surface area (Å²) in [5, 5.41) is 2.47. The van der Waals surface area contributed by atoms with Crippen LogP contribution < -0.4 is 4.90 Å². The molecule has 3 aliphatic carbocycles. The van der Waals surface area contributed by atoms with Crippen LogP contribution in [0.1, 0.15) is 68.2 Å². The number of anilines is 3. The standard InChI is InChI=1S/C61H49N/c1-60(2)55-28-13-11-25-51(55)54-27-17-26-53(58(54)60)49-23-10-9-21-46(49)43-30-33-44(34-31-43)62(59-47-22-8-7-20-42(47)32-36-48(59)41-18-5-3-6-19-41)45-35-37-52-50-24-12-14-29-56(50)61(57(52)40-45)38-15-4-16-39-61/h3,5-14,17-37,40H,4,15-16,38-39H2,1-2H3. The highest BCUT2D eigenvalue weighted by Gasteiger charge is 2.44. The van der Waals surface area contributed by atoms with Gasteiger partial charge in [0.05, 0.1) is 5.69 Å². The van der Waals surface area contributed by atoms with E-state index >= 15 is 0 Å². The molecular weight excluding hydrogens is 747 g/mol. The van der Waals surface area contributed by atoms with Crippen molar-refractivity contribution in [3.05, 3.63) is 222 Å². The van der Waals surface area contributed by atoms with Crippen LogP contribution in [0.4, 0.5) is 17.1 Å². The molecule has 1 fully saturated rings. The van der Waals surface area contributed by atoms with Crippen molar-refractivity contribution in [1.82, 2.24) is 0 Å². The number of fused-ring (bicyclic) bond motifs is 9. The molecule has 0 N–H and O–H groups in total. The molecule has 298 valence electrons. The highest BCUT2D eigenvalue weighted by Crippen LogP contribution is 2.58. The molecule has 0 saturated heterocycles. The molecule has 9 aromatic rings. The molecule has 62 heavy (non-hydrogen) atoms. The Labute approximate surface area is 366 Å². The minimum Gasteiger partial charge on any atom is -0.309 e. The monoisotopic (exact) mass is 795 g/mol. The highest BCUT2D eigenvalue weighted by atomic mass is 15.1. The van der Waals surface area contributed by atoms with E-state index in [1.54, 1.807) is 0 Å². The number of benzene rings is 9. The largest absolute Gasteiger partial charge is 0.309 e. The molecule has 3 aliphatic rings. The fourth-order valence-electron chi connectivity index (χ4n) is 11.9. The lowest BCUT2D eigenvalue weighted by Crippen LogP contribution is -2.28. The van der Waals surface area contributed by atoms with E-state index in [1.807, 2.05) is 0 Å². The van der Waals surface area contributed by atoms with Crippen molar-refractivity contribution in [2.75, 3.05) is 4.90 Å². The van der Waals surface area contributed by atoms with Gasteiger partial charge in [-0.15, -0.1) is 0 Å². The summed E-state index contributed by atoms with van der Waals surface area (Å²) in [6.45, 7) is 4.77. The number of hydrogen-bond acceptors (Lipinski definition) is 1. The van der Waals surface area contributed by atoms with E-state index < -0.39 is 0 Å². The summed E-state index contributed by atoms with van der Waals surface area (Å²) < 4.78 is 0. The fraction of sp³-hybridized carbons (Fsp3) is 0.148. The summed E-state index contributed by atoms with van der Waals surface area (Å²) in [7, 11) is 0. The Morgan fingerprint density at radius 3 is 1.69 bits per heavy atom. The third-order valence-corrected chi connectivity index (χ3v) is 14.7. The van der Waals surface area contributed by atoms with E-state index in [1.165, 1.54) is 132 Å². The van der Waals surface area contributed by atoms with Crippen LogP contribution in [-0.4, -0.2) is 0 Å². The lowest BCUT2D eigenvalue weighted by Gasteiger charge is -2.37. The molecule has 1 saturated carbocycles. The minimum absolute atomic E-state index is 0.0496. The maximum absolute atomic E-state index is 2.57. The topological polar surface area (TPSA) is 3.24 Å². The van der Waals surface area contributed by atoms with Gasteiger partial charge in [-0.05, 0) is 115 Å². The molecule has 0 amide bonds. The molecule has 9 aromatic carbocycles. The smallest absolute Gasteiger partial charge is 0.0618 e. The molecule has 0 heterocycles. The van der Waals surface area contributed by atoms with Crippen molar-refractivity contribution in [2.24, 2.45) is 0 Å². The molecule has 0 unspecified atom stereocenters. The van der Waals surface area contributed by atoms with Crippen LogP contribution in [0.15, 0.2) is 200 Å². The van der Waals surface area contributed by atoms with Gasteiger partial charge >= 0.3 is 0 Å². The second-order valence-electron chi connectivity index (χ2n) is 18.3. The van der Waals surface area contributed by atoms with Crippen molar-refractivity contribution < 1.29 is 0 Å². The van der Waals surface area contributed by atoms with Crippen LogP contribution in [0.3, 0.4) is 0 Å². The maximum atomic E-state index is 2.57. The summed E-state index contributed by atoms with van der Waals surface area (Å²) in [6.07, 6.45) is 6.25. The summed E-state index contributed by atoms with van der Waals surface area (Å²) >= 11 is 0. The lowest BCUT2D eigenvalue weighted by atomic mass is 9.68. The molecule has 12 rings (SSSR count). The molecule has 0 aliphatic heterocycles. The SMILES string of the molecule is CC1(C)c2ccccc2-c2cccc(-c3ccccc3-c3ccc(N(c4ccc5c(c4)C4(CCCCC4)c4ccccc4-5)c4c(-c5ccccc5)ccc5ccccc45)cc3)c21. The predicted molar refractivity (Wildman–Crippen MR) is 262 cm³/mol. The van der Waals surface area contributed by atoms with Crippen molar-refractivity contribution >= 4 is 27.8 Å². The van der Waals surface area contributed by atoms with Gasteiger partial charge in [-0.3, -0.25) is 0 Å². The van der Waals surface area contributed by atoms with E-state index in [-0.39, 0.29) is 10.8 Å². The van der Waals surface area contributed by atoms with Crippen molar-refractivity contribution in [2.45, 2.75) is 56.8 Å². The molecule has 0 radical (unpaired) electrons. The summed E-state index contributed by atoms with van der Waals surface area (Å²) in [5.41, 5.74) is 22.3. The molecular formula is C61H49N. The van der Waals surface area contributed by atoms with Crippen molar-refractivity contribution in [1.29, 1.82) is 0 Å². The molecule has 1 nitrogen and oxygen atoms in total. The van der Waals surface area contributed by atoms with Gasteiger partial charge in [-0.25, -0.2) is 0 Å². The van der Waals surface area contributed by atoms with Gasteiger partial charge in [0.2, 0.25) is 0 Å². The summed E-state index contributed by atoms with van der Waals surface area (Å²) in [6, 6.07) is 75.3. The van der Waals surface area contributed by atoms with Crippen LogP contribution in [0.25, 0.3) is 66.4 Å². The third-order valence-electron chi connectivity index (χ3n) is 14.7. The Morgan fingerprint density at radius 2 is 0.919 bits per heavy atom. The van der Waals surface area contributed by atoms with Gasteiger partial charge in [0, 0.05) is 33.2 Å². The van der Waals surface area contributed by atoms with E-state index in [0.29, 0.717) is 0 Å². The Hall–Kier alpha value is -6.96. The zero-order chi connectivity index (χ0) is 41.4. The molecule has 1 heteroatoms. The Morgan fingerprint density at radius 1 is 0.371 bits per heavy atom. The first kappa shape index (κ1) is 36.9. The fourth-order valence-corrected chi connectivity index (χ4v) is 11.9. The lowest BCUT2D eigenvalue weighted by molar-refractivity contribution is 0.353. The molecule has 0 aromatic heterocycles. The van der Waals surface area contributed by atoms with Crippen LogP contribution in [0.2, 0.25) is 0 Å². The number of hydrogen-bond donors (Lipinski definition) is 0. The van der Waals surface area contributed by atoms with Crippen LogP contribution >= 0.6 is 0 Å². The van der Waals surface area contributed by atoms with Gasteiger partial charge in [-0.2, -0.15) is 0 Å². The summed E-state index contributed by atoms with van der Waals surface area (Å²) in [5.74, 6) is 0. The molecule has 1 spiro atoms. The highest BCUT2D eigenvalue weighted by molar-refractivity contribution is 6.06. The number of nitrogens with zero attached hydrogens (tertiary/aromatic N) is 1. The zero-order valence-electron chi connectivity index (χ0n) is 35.5. The van der Waals surface area contributed by atoms with Crippen LogP contribution in [0, 0.1) is 0 Å². The van der Waals surface area contributed by atoms with E-state index in [0.717, 1.165) is 5.69 Å². The zero-order valence-corrected chi connectivity index (χ0v) is 35.5. The minimum atomic E-state index is -0.109. The first-order valence-corrected chi connectivity index (χ1v) is 22.6. The Balaban J connectivity index is 1.05. The Bertz CT molecular complexity index is 3180. The first-order valence-electron chi connectivity index (χ1n) is 22.6. The van der Waals surface area contributed by atoms with Gasteiger partial charge in [0.25, 0.3) is 0 Å². The Kier molecular flexibility index (Phi) is 8.51. The quantitative estimate of drug-likeness (QED) is 0.162. The second kappa shape index (κ2) is 14.3. The van der Waals surface area contributed by atoms with Gasteiger partial charge < -0.3 is 4.90 Å². The van der Waals surface area contributed by atoms with Gasteiger partial charge in [0.15, 0.2) is 0 Å². The van der Waals surface area contributed by atoms with Crippen molar-refractivity contribution in [3.63, 3.8) is 0 Å². The van der Waals surface area contributed by atoms with E-state index in [4.69, 9.17) is 0 Å². The van der Waals surface area contributed by atoms with E-state index in [2.05, 4.69) is 219 Å². The first-order chi connectivity index (χ1) is 30.5. The average Bonchev–Trinajstić information content (AvgIpc) is 3.73. The molecule has 0 atom stereocenters. The third kappa shape index (κ3) is 5.54. The van der Waals surface area contributed by atoms with Crippen LogP contribution in [0.5, 0.6) is 0 Å². The predicted octanol–water partition coefficient (Wildman–Crippen LogP) is 16.8. The maximum Gasteiger partial charge on any atom is 0.0618 e. The average molecular weight is 796 g/mol. The van der Waals surface area contributed by atoms with Crippen molar-refractivity contribution in [3.8, 4) is 55.6 Å². The van der Waals surface area contributed by atoms with E-state index in [9.17, 15) is 0 Å². The number of rotatable bonds is 6. The summed E-state index contributed by atoms with van der Waals surface area (Å²) in [4.78, 5) is 2.56.